The molecule has 21 heavy (non-hydrogen) atoms. The molecular weight excluding hydrogens is 272 g/mol. The minimum atomic E-state index is -0.198. The summed E-state index contributed by atoms with van der Waals surface area (Å²) in [7, 11) is 0. The van der Waals surface area contributed by atoms with Crippen molar-refractivity contribution in [2.24, 2.45) is 0 Å². The maximum atomic E-state index is 12.2. The van der Waals surface area contributed by atoms with Crippen LogP contribution in [0.4, 0.5) is 0 Å². The molecule has 0 saturated carbocycles. The van der Waals surface area contributed by atoms with Gasteiger partial charge in [-0.15, -0.1) is 0 Å². The number of hydrogen-bond acceptors (Lipinski definition) is 6. The van der Waals surface area contributed by atoms with E-state index in [-0.39, 0.29) is 18.0 Å². The molecule has 0 unspecified atom stereocenters. The highest BCUT2D eigenvalue weighted by Crippen LogP contribution is 2.15. The van der Waals surface area contributed by atoms with Crippen LogP contribution < -0.4 is 5.32 Å². The predicted molar refractivity (Wildman–Crippen MR) is 75.0 cm³/mol. The van der Waals surface area contributed by atoms with Gasteiger partial charge in [-0.2, -0.15) is 0 Å². The van der Waals surface area contributed by atoms with Gasteiger partial charge < -0.3 is 14.8 Å². The molecule has 1 amide bonds. The lowest BCUT2D eigenvalue weighted by Gasteiger charge is -2.34. The summed E-state index contributed by atoms with van der Waals surface area (Å²) >= 11 is 0. The van der Waals surface area contributed by atoms with Crippen molar-refractivity contribution in [3.63, 3.8) is 0 Å². The molecule has 7 heteroatoms. The van der Waals surface area contributed by atoms with Gasteiger partial charge in [-0.3, -0.25) is 14.7 Å². The van der Waals surface area contributed by atoms with Crippen molar-refractivity contribution >= 4 is 5.91 Å². The zero-order valence-electron chi connectivity index (χ0n) is 12.1. The molecule has 0 aliphatic carbocycles. The molecule has 2 aliphatic heterocycles. The van der Waals surface area contributed by atoms with E-state index in [1.54, 1.807) is 6.20 Å². The van der Waals surface area contributed by atoms with E-state index < -0.39 is 0 Å². The number of amides is 1. The van der Waals surface area contributed by atoms with Gasteiger partial charge in [0.25, 0.3) is 5.91 Å². The van der Waals surface area contributed by atoms with E-state index in [0.29, 0.717) is 18.9 Å². The number of aromatic nitrogens is 2. The molecule has 0 spiro atoms. The fourth-order valence-corrected chi connectivity index (χ4v) is 2.70. The number of carbonyl (C=O) groups is 1. The monoisotopic (exact) mass is 292 g/mol. The van der Waals surface area contributed by atoms with Crippen molar-refractivity contribution < 1.29 is 14.3 Å². The number of ether oxygens (including phenoxy) is 2. The number of morpholine rings is 1. The number of aryl methyl sites for hydroxylation is 1. The fraction of sp³-hybridized carbons (Fsp3) is 0.643. The highest BCUT2D eigenvalue weighted by molar-refractivity contribution is 5.92. The van der Waals surface area contributed by atoms with Gasteiger partial charge >= 0.3 is 0 Å². The van der Waals surface area contributed by atoms with E-state index >= 15 is 0 Å². The standard InChI is InChI=1S/C14H20N4O3/c1-10-6-16-11(7-15-10)14(19)17-12-8-21-9-13(12)18-2-4-20-5-3-18/h6-7,12-13H,2-5,8-9H2,1H3,(H,17,19)/t12-,13-/m1/s1. The highest BCUT2D eigenvalue weighted by Gasteiger charge is 2.35. The summed E-state index contributed by atoms with van der Waals surface area (Å²) < 4.78 is 10.9. The van der Waals surface area contributed by atoms with Crippen molar-refractivity contribution in [3.05, 3.63) is 23.8 Å². The van der Waals surface area contributed by atoms with Crippen LogP contribution >= 0.6 is 0 Å². The van der Waals surface area contributed by atoms with Crippen molar-refractivity contribution in [1.29, 1.82) is 0 Å². The molecular formula is C14H20N4O3. The Morgan fingerprint density at radius 2 is 2.05 bits per heavy atom. The Balaban J connectivity index is 1.62. The minimum absolute atomic E-state index is 0.0151. The topological polar surface area (TPSA) is 76.6 Å². The molecule has 1 aromatic heterocycles. The smallest absolute Gasteiger partial charge is 0.271 e. The maximum absolute atomic E-state index is 12.2. The molecule has 2 aliphatic rings. The lowest BCUT2D eigenvalue weighted by Crippen LogP contribution is -2.54. The average molecular weight is 292 g/mol. The predicted octanol–water partition coefficient (Wildman–Crippen LogP) is -0.386. The molecule has 3 rings (SSSR count). The zero-order chi connectivity index (χ0) is 14.7. The summed E-state index contributed by atoms with van der Waals surface area (Å²) in [5.41, 5.74) is 1.13. The van der Waals surface area contributed by atoms with E-state index in [1.165, 1.54) is 6.20 Å². The second-order valence-electron chi connectivity index (χ2n) is 5.38. The van der Waals surface area contributed by atoms with Gasteiger partial charge in [0.1, 0.15) is 5.69 Å². The first-order chi connectivity index (χ1) is 10.2. The fourth-order valence-electron chi connectivity index (χ4n) is 2.70. The number of rotatable bonds is 3. The van der Waals surface area contributed by atoms with E-state index in [2.05, 4.69) is 20.2 Å². The van der Waals surface area contributed by atoms with Gasteiger partial charge in [-0.1, -0.05) is 0 Å². The molecule has 2 fully saturated rings. The van der Waals surface area contributed by atoms with Crippen molar-refractivity contribution in [2.75, 3.05) is 39.5 Å². The van der Waals surface area contributed by atoms with Crippen LogP contribution in [0.15, 0.2) is 12.4 Å². The third-order valence-corrected chi connectivity index (χ3v) is 3.90. The summed E-state index contributed by atoms with van der Waals surface area (Å²) in [6.07, 6.45) is 3.10. The Morgan fingerprint density at radius 3 is 2.76 bits per heavy atom. The van der Waals surface area contributed by atoms with Crippen LogP contribution in [0.2, 0.25) is 0 Å². The van der Waals surface area contributed by atoms with E-state index in [0.717, 1.165) is 32.0 Å². The largest absolute Gasteiger partial charge is 0.379 e. The lowest BCUT2D eigenvalue weighted by molar-refractivity contribution is 0.0108. The van der Waals surface area contributed by atoms with Crippen LogP contribution in [-0.2, 0) is 9.47 Å². The van der Waals surface area contributed by atoms with Crippen molar-refractivity contribution in [2.45, 2.75) is 19.0 Å². The number of carbonyl (C=O) groups excluding carboxylic acids is 1. The van der Waals surface area contributed by atoms with Crippen molar-refractivity contribution in [3.8, 4) is 0 Å². The normalized spacial score (nSPS) is 26.7. The maximum Gasteiger partial charge on any atom is 0.271 e. The molecule has 0 aromatic carbocycles. The second kappa shape index (κ2) is 6.46. The third-order valence-electron chi connectivity index (χ3n) is 3.90. The lowest BCUT2D eigenvalue weighted by atomic mass is 10.1. The Bertz CT molecular complexity index is 487. The molecule has 1 aromatic rings. The molecule has 0 bridgehead atoms. The SMILES string of the molecule is Cc1cnc(C(=O)N[C@@H]2COC[C@H]2N2CCOCC2)cn1. The molecule has 2 atom stereocenters. The van der Waals surface area contributed by atoms with E-state index in [1.807, 2.05) is 6.92 Å². The Kier molecular flexibility index (Phi) is 4.42. The summed E-state index contributed by atoms with van der Waals surface area (Å²) in [4.78, 5) is 22.8. The molecule has 7 nitrogen and oxygen atoms in total. The minimum Gasteiger partial charge on any atom is -0.379 e. The Hall–Kier alpha value is -1.57. The Morgan fingerprint density at radius 1 is 1.24 bits per heavy atom. The number of nitrogens with one attached hydrogen (secondary N) is 1. The summed E-state index contributed by atoms with van der Waals surface area (Å²) in [5, 5.41) is 3.01. The molecule has 3 heterocycles. The van der Waals surface area contributed by atoms with Gasteiger partial charge in [0, 0.05) is 19.3 Å². The van der Waals surface area contributed by atoms with Crippen LogP contribution in [0.5, 0.6) is 0 Å². The second-order valence-corrected chi connectivity index (χ2v) is 5.38. The third kappa shape index (κ3) is 3.37. The summed E-state index contributed by atoms with van der Waals surface area (Å²) in [6, 6.07) is 0.190. The zero-order valence-corrected chi connectivity index (χ0v) is 12.1. The van der Waals surface area contributed by atoms with Crippen LogP contribution in [0.25, 0.3) is 0 Å². The van der Waals surface area contributed by atoms with Crippen LogP contribution in [-0.4, -0.2) is 72.4 Å². The van der Waals surface area contributed by atoms with E-state index in [4.69, 9.17) is 9.47 Å². The first kappa shape index (κ1) is 14.4. The van der Waals surface area contributed by atoms with Gasteiger partial charge in [0.05, 0.1) is 50.4 Å². The first-order valence-electron chi connectivity index (χ1n) is 7.23. The van der Waals surface area contributed by atoms with Crippen molar-refractivity contribution in [1.82, 2.24) is 20.2 Å². The number of nitrogens with zero attached hydrogens (tertiary/aromatic N) is 3. The molecule has 1 N–H and O–H groups in total. The van der Waals surface area contributed by atoms with Gasteiger partial charge in [0.15, 0.2) is 0 Å². The molecule has 114 valence electrons. The number of hydrogen-bond donors (Lipinski definition) is 1. The average Bonchev–Trinajstić information content (AvgIpc) is 2.97. The molecule has 0 radical (unpaired) electrons. The summed E-state index contributed by atoms with van der Waals surface area (Å²) in [6.45, 7) is 6.25. The Labute approximate surface area is 123 Å². The van der Waals surface area contributed by atoms with Gasteiger partial charge in [-0.05, 0) is 6.92 Å². The van der Waals surface area contributed by atoms with Crippen LogP contribution in [0.3, 0.4) is 0 Å². The first-order valence-corrected chi connectivity index (χ1v) is 7.23. The molecule has 2 saturated heterocycles. The van der Waals surface area contributed by atoms with Crippen LogP contribution in [0.1, 0.15) is 16.2 Å². The highest BCUT2D eigenvalue weighted by atomic mass is 16.5. The van der Waals surface area contributed by atoms with Crippen LogP contribution in [0, 0.1) is 6.92 Å². The van der Waals surface area contributed by atoms with Gasteiger partial charge in [0.2, 0.25) is 0 Å². The quantitative estimate of drug-likeness (QED) is 0.818. The summed E-state index contributed by atoms with van der Waals surface area (Å²) in [5.74, 6) is -0.198. The van der Waals surface area contributed by atoms with E-state index in [9.17, 15) is 4.79 Å². The van der Waals surface area contributed by atoms with Gasteiger partial charge in [-0.25, -0.2) is 4.98 Å².